The summed E-state index contributed by atoms with van der Waals surface area (Å²) in [5.74, 6) is -1.51. The van der Waals surface area contributed by atoms with E-state index in [0.29, 0.717) is 4.88 Å². The fraction of sp³-hybridized carbons (Fsp3) is 0.400. The Hall–Kier alpha value is -0.880. The van der Waals surface area contributed by atoms with Crippen LogP contribution in [0.4, 0.5) is 0 Å². The number of amides is 1. The van der Waals surface area contributed by atoms with Gasteiger partial charge in [0, 0.05) is 0 Å². The summed E-state index contributed by atoms with van der Waals surface area (Å²) in [6, 6.07) is 2.56. The summed E-state index contributed by atoms with van der Waals surface area (Å²) in [6.07, 6.45) is 0. The molecule has 0 saturated carbocycles. The molecule has 6 heteroatoms. The van der Waals surface area contributed by atoms with Gasteiger partial charge >= 0.3 is 5.97 Å². The van der Waals surface area contributed by atoms with Gasteiger partial charge in [0.25, 0.3) is 5.91 Å². The Kier molecular flexibility index (Phi) is 4.49. The number of carbonyl (C=O) groups is 2. The Morgan fingerprint density at radius 2 is 2.06 bits per heavy atom. The highest BCUT2D eigenvalue weighted by Crippen LogP contribution is 2.22. The first-order chi connectivity index (χ1) is 7.41. The van der Waals surface area contributed by atoms with E-state index in [9.17, 15) is 9.59 Å². The second-order valence-electron chi connectivity index (χ2n) is 3.64. The van der Waals surface area contributed by atoms with Gasteiger partial charge in [-0.15, -0.1) is 11.3 Å². The summed E-state index contributed by atoms with van der Waals surface area (Å²) >= 11 is 4.52. The Morgan fingerprint density at radius 1 is 1.44 bits per heavy atom. The summed E-state index contributed by atoms with van der Waals surface area (Å²) in [7, 11) is 0. The predicted molar refractivity (Wildman–Crippen MR) is 65.7 cm³/mol. The Morgan fingerprint density at radius 3 is 2.44 bits per heavy atom. The predicted octanol–water partition coefficient (Wildman–Crippen LogP) is 2.35. The van der Waals surface area contributed by atoms with E-state index in [-0.39, 0.29) is 11.8 Å². The van der Waals surface area contributed by atoms with Crippen LogP contribution in [-0.4, -0.2) is 23.0 Å². The van der Waals surface area contributed by atoms with Crippen LogP contribution in [0, 0.1) is 5.92 Å². The summed E-state index contributed by atoms with van der Waals surface area (Å²) in [6.45, 7) is 3.51. The average Bonchev–Trinajstić information content (AvgIpc) is 2.59. The molecule has 0 spiro atoms. The second-order valence-corrected chi connectivity index (χ2v) is 6.10. The molecule has 0 unspecified atom stereocenters. The third-order valence-electron chi connectivity index (χ3n) is 2.02. The van der Waals surface area contributed by atoms with Crippen molar-refractivity contribution in [3.05, 3.63) is 20.8 Å². The molecule has 1 aromatic heterocycles. The van der Waals surface area contributed by atoms with E-state index in [2.05, 4.69) is 21.2 Å². The van der Waals surface area contributed by atoms with Crippen molar-refractivity contribution in [2.45, 2.75) is 19.9 Å². The summed E-state index contributed by atoms with van der Waals surface area (Å²) in [5.41, 5.74) is 0. The molecule has 2 N–H and O–H groups in total. The molecule has 0 radical (unpaired) electrons. The van der Waals surface area contributed by atoms with Crippen molar-refractivity contribution in [2.24, 2.45) is 5.92 Å². The molecule has 0 fully saturated rings. The molecule has 1 amide bonds. The average molecular weight is 306 g/mol. The van der Waals surface area contributed by atoms with E-state index in [1.54, 1.807) is 26.0 Å². The number of rotatable bonds is 4. The van der Waals surface area contributed by atoms with Gasteiger partial charge in [0.05, 0.1) is 8.66 Å². The SMILES string of the molecule is CC(C)[C@@H](NC(=O)c1ccc(Br)s1)C(=O)O. The lowest BCUT2D eigenvalue weighted by Gasteiger charge is -2.17. The van der Waals surface area contributed by atoms with Gasteiger partial charge < -0.3 is 10.4 Å². The highest BCUT2D eigenvalue weighted by Gasteiger charge is 2.24. The second kappa shape index (κ2) is 5.45. The van der Waals surface area contributed by atoms with E-state index in [1.807, 2.05) is 0 Å². The van der Waals surface area contributed by atoms with Gasteiger partial charge in [-0.1, -0.05) is 13.8 Å². The van der Waals surface area contributed by atoms with Gasteiger partial charge in [-0.3, -0.25) is 4.79 Å². The normalized spacial score (nSPS) is 12.5. The van der Waals surface area contributed by atoms with Crippen LogP contribution < -0.4 is 5.32 Å². The molecule has 0 saturated heterocycles. The quantitative estimate of drug-likeness (QED) is 0.897. The number of halogens is 1. The van der Waals surface area contributed by atoms with Gasteiger partial charge in [0.1, 0.15) is 6.04 Å². The number of carboxylic acids is 1. The maximum absolute atomic E-state index is 11.7. The fourth-order valence-corrected chi connectivity index (χ4v) is 2.45. The molecule has 0 aliphatic rings. The summed E-state index contributed by atoms with van der Waals surface area (Å²) < 4.78 is 0.842. The van der Waals surface area contributed by atoms with Crippen LogP contribution in [0.15, 0.2) is 15.9 Å². The van der Waals surface area contributed by atoms with Gasteiger partial charge in [-0.2, -0.15) is 0 Å². The number of carboxylic acid groups (broad SMARTS) is 1. The third-order valence-corrected chi connectivity index (χ3v) is 3.64. The van der Waals surface area contributed by atoms with Gasteiger partial charge in [0.2, 0.25) is 0 Å². The van der Waals surface area contributed by atoms with Crippen LogP contribution in [0.25, 0.3) is 0 Å². The zero-order valence-corrected chi connectivity index (χ0v) is 11.3. The minimum Gasteiger partial charge on any atom is -0.480 e. The van der Waals surface area contributed by atoms with E-state index in [4.69, 9.17) is 5.11 Å². The number of hydrogen-bond acceptors (Lipinski definition) is 3. The molecular weight excluding hydrogens is 294 g/mol. The molecule has 16 heavy (non-hydrogen) atoms. The molecule has 1 atom stereocenters. The minimum absolute atomic E-state index is 0.148. The van der Waals surface area contributed by atoms with Crippen molar-refractivity contribution in [1.82, 2.24) is 5.32 Å². The van der Waals surface area contributed by atoms with Crippen LogP contribution in [0.3, 0.4) is 0 Å². The Labute approximate surface area is 106 Å². The number of nitrogens with one attached hydrogen (secondary N) is 1. The maximum atomic E-state index is 11.7. The van der Waals surface area contributed by atoms with Crippen molar-refractivity contribution < 1.29 is 14.7 Å². The number of hydrogen-bond donors (Lipinski definition) is 2. The zero-order chi connectivity index (χ0) is 12.3. The van der Waals surface area contributed by atoms with Crippen molar-refractivity contribution in [2.75, 3.05) is 0 Å². The number of thiophene rings is 1. The monoisotopic (exact) mass is 305 g/mol. The number of carbonyl (C=O) groups excluding carboxylic acids is 1. The highest BCUT2D eigenvalue weighted by atomic mass is 79.9. The minimum atomic E-state index is -1.01. The van der Waals surface area contributed by atoms with Crippen molar-refractivity contribution >= 4 is 39.1 Å². The molecule has 1 rings (SSSR count). The van der Waals surface area contributed by atoms with E-state index in [1.165, 1.54) is 11.3 Å². The molecule has 88 valence electrons. The maximum Gasteiger partial charge on any atom is 0.326 e. The largest absolute Gasteiger partial charge is 0.480 e. The number of aliphatic carboxylic acids is 1. The zero-order valence-electron chi connectivity index (χ0n) is 8.86. The van der Waals surface area contributed by atoms with E-state index in [0.717, 1.165) is 3.79 Å². The molecule has 0 aliphatic heterocycles. The molecule has 1 aromatic rings. The first-order valence-corrected chi connectivity index (χ1v) is 6.31. The molecule has 0 bridgehead atoms. The summed E-state index contributed by atoms with van der Waals surface area (Å²) in [5, 5.41) is 11.4. The summed E-state index contributed by atoms with van der Waals surface area (Å²) in [4.78, 5) is 23.1. The van der Waals surface area contributed by atoms with Gasteiger partial charge in [0.15, 0.2) is 0 Å². The lowest BCUT2D eigenvalue weighted by atomic mass is 10.0. The molecule has 0 aliphatic carbocycles. The fourth-order valence-electron chi connectivity index (χ4n) is 1.16. The van der Waals surface area contributed by atoms with Gasteiger partial charge in [-0.25, -0.2) is 4.79 Å². The Bertz CT molecular complexity index is 403. The van der Waals surface area contributed by atoms with Gasteiger partial charge in [-0.05, 0) is 34.0 Å². The standard InChI is InChI=1S/C10H12BrNO3S/c1-5(2)8(10(14)15)12-9(13)6-3-4-7(11)16-6/h3-5,8H,1-2H3,(H,12,13)(H,14,15)/t8-/m1/s1. The van der Waals surface area contributed by atoms with Crippen LogP contribution >= 0.6 is 27.3 Å². The molecule has 1 heterocycles. The van der Waals surface area contributed by atoms with E-state index < -0.39 is 12.0 Å². The van der Waals surface area contributed by atoms with Crippen molar-refractivity contribution in [3.63, 3.8) is 0 Å². The smallest absolute Gasteiger partial charge is 0.326 e. The topological polar surface area (TPSA) is 66.4 Å². The van der Waals surface area contributed by atoms with Crippen LogP contribution in [0.5, 0.6) is 0 Å². The lowest BCUT2D eigenvalue weighted by molar-refractivity contribution is -0.140. The van der Waals surface area contributed by atoms with E-state index >= 15 is 0 Å². The molecule has 4 nitrogen and oxygen atoms in total. The van der Waals surface area contributed by atoms with Crippen molar-refractivity contribution in [1.29, 1.82) is 0 Å². The van der Waals surface area contributed by atoms with Crippen molar-refractivity contribution in [3.8, 4) is 0 Å². The lowest BCUT2D eigenvalue weighted by Crippen LogP contribution is -2.44. The third kappa shape index (κ3) is 3.31. The van der Waals surface area contributed by atoms with Crippen LogP contribution in [-0.2, 0) is 4.79 Å². The molecule has 0 aromatic carbocycles. The van der Waals surface area contributed by atoms with Crippen LogP contribution in [0.1, 0.15) is 23.5 Å². The molecular formula is C10H12BrNO3S. The highest BCUT2D eigenvalue weighted by molar-refractivity contribution is 9.11. The first-order valence-electron chi connectivity index (χ1n) is 4.71. The van der Waals surface area contributed by atoms with Crippen LogP contribution in [0.2, 0.25) is 0 Å². The first kappa shape index (κ1) is 13.2. The Balaban J connectivity index is 2.73.